The van der Waals surface area contributed by atoms with Gasteiger partial charge in [-0.1, -0.05) is 20.8 Å². The van der Waals surface area contributed by atoms with Crippen LogP contribution in [0.5, 0.6) is 0 Å². The van der Waals surface area contributed by atoms with Crippen LogP contribution >= 0.6 is 12.4 Å². The van der Waals surface area contributed by atoms with Gasteiger partial charge in [0.05, 0.1) is 39.3 Å². The van der Waals surface area contributed by atoms with E-state index in [1.54, 1.807) is 20.0 Å². The predicted molar refractivity (Wildman–Crippen MR) is 282 cm³/mol. The van der Waals surface area contributed by atoms with E-state index in [2.05, 4.69) is 42.5 Å². The third-order valence-corrected chi connectivity index (χ3v) is 8.52. The quantitative estimate of drug-likeness (QED) is 0.0702. The van der Waals surface area contributed by atoms with Crippen LogP contribution in [-0.2, 0) is 57.5 Å². The Morgan fingerprint density at radius 1 is 0.625 bits per heavy atom. The number of rotatable bonds is 6. The molecule has 12 N–H and O–H groups in total. The van der Waals surface area contributed by atoms with Crippen molar-refractivity contribution in [1.29, 1.82) is 0 Å². The van der Waals surface area contributed by atoms with Gasteiger partial charge < -0.3 is 53.0 Å². The molecule has 6 saturated heterocycles. The first kappa shape index (κ1) is 85.2. The van der Waals surface area contributed by atoms with E-state index in [0.717, 1.165) is 21.2 Å². The summed E-state index contributed by atoms with van der Waals surface area (Å²) in [6, 6.07) is -1.87. The summed E-state index contributed by atoms with van der Waals surface area (Å²) in [5.74, 6) is 0.873. The number of nitrogens with zero attached hydrogens (tertiary/aromatic N) is 5. The molecular weight excluding hydrogens is 1090 g/mol. The molecule has 0 atom stereocenters. The SMILES string of the molecule is CC(C)C=C=O.CCN.CCN1C(=O)CNC1=O.CCNC(=O)NC(C)C.CN1C(=O)CNC1=O.CN1C(=O)CNC1=O.CN1C(=O)CNC1=O.COC(C)(C)N(C)C.Cl.O=C1CNC(=O)N1.O=C1CNC(=O)N1.O=C=O.O=C=O. The van der Waals surface area contributed by atoms with E-state index in [0.29, 0.717) is 19.0 Å². The number of carbonyl (C=O) groups excluding carboxylic acids is 18. The molecule has 0 unspecified atom stereocenters. The van der Waals surface area contributed by atoms with E-state index >= 15 is 0 Å². The minimum absolute atomic E-state index is 0. The first-order valence-electron chi connectivity index (χ1n) is 23.2. The molecule has 0 aromatic heterocycles. The van der Waals surface area contributed by atoms with Crippen LogP contribution in [0.4, 0.5) is 33.6 Å². The maximum atomic E-state index is 10.7. The molecule has 6 heterocycles. The second-order valence-electron chi connectivity index (χ2n) is 15.9. The van der Waals surface area contributed by atoms with Crippen molar-refractivity contribution in [3.8, 4) is 0 Å². The average Bonchev–Trinajstić information content (AvgIpc) is 4.22. The van der Waals surface area contributed by atoms with Gasteiger partial charge in [-0.05, 0) is 68.1 Å². The molecule has 0 aromatic rings. The lowest BCUT2D eigenvalue weighted by atomic mass is 10.2. The number of amides is 20. The number of ether oxygens (including phenoxy) is 1. The Hall–Kier alpha value is -8.71. The standard InChI is InChI=1S/C6H14N2O.C6H15NO.C5H8N2O2.C5H8O.3C4H6N2O2.2C3H4N2O2.C2H7N.2CO2.ClH/c1-4-7-6(9)8-5(2)3;1-6(2,8-5)7(3)4;1-2-7-4(8)3-6-5(7)9;1-5(2)3-4-6;3*1-6-3(7)2-5-4(6)8;2*6-2-1-4-3(7)5-2;1-2-3;2*2-1-3;/h5H,4H2,1-3H3,(H2,7,8,9);1-5H3;2-3H2,1H3,(H,6,9);3,5H,1-2H3;3*2H2,1H3,(H,5,8);2*1H2,(H2,4,5,6,7);2-3H2,1H3;;;1H. The Morgan fingerprint density at radius 2 is 0.938 bits per heavy atom. The van der Waals surface area contributed by atoms with E-state index in [1.165, 1.54) is 32.1 Å². The molecule has 0 spiro atoms. The Balaban J connectivity index is -0.000000147. The van der Waals surface area contributed by atoms with Crippen LogP contribution in [0.25, 0.3) is 0 Å². The average molecular weight is 1170 g/mol. The van der Waals surface area contributed by atoms with E-state index < -0.39 is 12.1 Å². The summed E-state index contributed by atoms with van der Waals surface area (Å²) in [5, 5.41) is 23.4. The highest BCUT2D eigenvalue weighted by molar-refractivity contribution is 6.04. The van der Waals surface area contributed by atoms with Crippen LogP contribution in [0.1, 0.15) is 62.3 Å². The molecule has 0 aliphatic carbocycles. The second-order valence-corrected chi connectivity index (χ2v) is 15.9. The van der Waals surface area contributed by atoms with Gasteiger partial charge in [-0.15, -0.1) is 12.4 Å². The lowest BCUT2D eigenvalue weighted by molar-refractivity contribution is -0.193. The van der Waals surface area contributed by atoms with Gasteiger partial charge in [-0.3, -0.25) is 63.9 Å². The van der Waals surface area contributed by atoms with Crippen LogP contribution in [-0.4, -0.2) is 233 Å². The normalized spacial score (nSPS) is 14.5. The van der Waals surface area contributed by atoms with Crippen molar-refractivity contribution in [1.82, 2.24) is 77.7 Å². The number of likely N-dealkylation sites (N-methyl/N-ethyl adjacent to an activating group) is 4. The molecule has 80 heavy (non-hydrogen) atoms. The Labute approximate surface area is 469 Å². The summed E-state index contributed by atoms with van der Waals surface area (Å²) in [5.41, 5.74) is 4.72. The van der Waals surface area contributed by atoms with Crippen molar-refractivity contribution in [3.05, 3.63) is 6.08 Å². The van der Waals surface area contributed by atoms with E-state index in [4.69, 9.17) is 29.6 Å². The van der Waals surface area contributed by atoms with Crippen molar-refractivity contribution in [3.63, 3.8) is 0 Å². The van der Waals surface area contributed by atoms with E-state index in [9.17, 15) is 67.1 Å². The maximum Gasteiger partial charge on any atom is 0.373 e. The Morgan fingerprint density at radius 3 is 1.02 bits per heavy atom. The Kier molecular flexibility index (Phi) is 54.4. The summed E-state index contributed by atoms with van der Waals surface area (Å²) in [7, 11) is 10.0. The lowest BCUT2D eigenvalue weighted by Crippen LogP contribution is -2.39. The number of nitrogens with two attached hydrogens (primary N) is 1. The molecule has 6 rings (SSSR count). The van der Waals surface area contributed by atoms with E-state index in [-0.39, 0.29) is 141 Å². The summed E-state index contributed by atoms with van der Waals surface area (Å²) in [6.45, 7) is 20.1. The number of halogens is 1. The highest BCUT2D eigenvalue weighted by atomic mass is 35.5. The lowest BCUT2D eigenvalue weighted by Gasteiger charge is -2.30. The maximum absolute atomic E-state index is 10.7. The summed E-state index contributed by atoms with van der Waals surface area (Å²) in [6.07, 6.45) is 1.99. The molecular formula is C44H79ClN16O19. The van der Waals surface area contributed by atoms with Crippen molar-refractivity contribution >= 4 is 108 Å². The van der Waals surface area contributed by atoms with Crippen molar-refractivity contribution < 1.29 is 91.0 Å². The molecule has 0 aromatic carbocycles. The van der Waals surface area contributed by atoms with Gasteiger partial charge in [-0.25, -0.2) is 38.4 Å². The summed E-state index contributed by atoms with van der Waals surface area (Å²) >= 11 is 0. The minimum Gasteiger partial charge on any atom is -0.364 e. The van der Waals surface area contributed by atoms with Gasteiger partial charge in [0.25, 0.3) is 0 Å². The van der Waals surface area contributed by atoms with Crippen molar-refractivity contribution in [2.75, 3.05) is 101 Å². The fourth-order valence-corrected chi connectivity index (χ4v) is 3.82. The fraction of sp³-hybridized carbons (Fsp3) is 0.614. The number of allylic oxidation sites excluding steroid dienone is 1. The molecule has 456 valence electrons. The van der Waals surface area contributed by atoms with Crippen LogP contribution in [0.2, 0.25) is 0 Å². The second kappa shape index (κ2) is 51.1. The zero-order chi connectivity index (χ0) is 63.0. The van der Waals surface area contributed by atoms with Crippen molar-refractivity contribution in [2.45, 2.75) is 74.1 Å². The summed E-state index contributed by atoms with van der Waals surface area (Å²) in [4.78, 5) is 183. The van der Waals surface area contributed by atoms with Gasteiger partial charge in [0, 0.05) is 53.5 Å². The molecule has 6 aliphatic heterocycles. The molecule has 0 radical (unpaired) electrons. The molecule has 35 nitrogen and oxygen atoms in total. The topological polar surface area (TPSA) is 479 Å². The van der Waals surface area contributed by atoms with Gasteiger partial charge in [0.2, 0.25) is 35.4 Å². The highest BCUT2D eigenvalue weighted by Crippen LogP contribution is 2.08. The zero-order valence-corrected chi connectivity index (χ0v) is 48.4. The molecule has 0 bridgehead atoms. The van der Waals surface area contributed by atoms with Gasteiger partial charge in [0.1, 0.15) is 11.7 Å². The number of nitrogens with one attached hydrogen (secondary N) is 10. The zero-order valence-electron chi connectivity index (χ0n) is 47.6. The fourth-order valence-electron chi connectivity index (χ4n) is 3.82. The highest BCUT2D eigenvalue weighted by Gasteiger charge is 2.27. The first-order valence-corrected chi connectivity index (χ1v) is 23.2. The monoisotopic (exact) mass is 1170 g/mol. The minimum atomic E-state index is -0.398. The number of methoxy groups -OCH3 is 1. The third-order valence-electron chi connectivity index (χ3n) is 8.52. The molecule has 6 fully saturated rings. The number of carbonyl (C=O) groups is 13. The van der Waals surface area contributed by atoms with Crippen LogP contribution in [0.3, 0.4) is 0 Å². The smallest absolute Gasteiger partial charge is 0.364 e. The largest absolute Gasteiger partial charge is 0.373 e. The van der Waals surface area contributed by atoms with Gasteiger partial charge >= 0.3 is 54.5 Å². The molecule has 36 heteroatoms. The first-order chi connectivity index (χ1) is 36.7. The molecule has 20 amide bonds. The van der Waals surface area contributed by atoms with Gasteiger partial charge in [0.15, 0.2) is 0 Å². The Bertz CT molecular complexity index is 1900. The molecule has 6 aliphatic rings. The van der Waals surface area contributed by atoms with Crippen LogP contribution in [0.15, 0.2) is 6.08 Å². The molecule has 0 saturated carbocycles. The third kappa shape index (κ3) is 47.7. The number of imide groups is 6. The van der Waals surface area contributed by atoms with Crippen LogP contribution < -0.4 is 58.9 Å². The van der Waals surface area contributed by atoms with E-state index in [1.807, 2.05) is 85.0 Å². The summed E-state index contributed by atoms with van der Waals surface area (Å²) < 4.78 is 5.12. The van der Waals surface area contributed by atoms with Gasteiger partial charge in [-0.2, -0.15) is 19.2 Å². The number of urea groups is 7. The number of hydrogen-bond acceptors (Lipinski definition) is 21. The number of hydrogen-bond donors (Lipinski definition) is 11. The van der Waals surface area contributed by atoms with Crippen LogP contribution in [0, 0.1) is 5.92 Å². The van der Waals surface area contributed by atoms with Crippen molar-refractivity contribution in [2.24, 2.45) is 11.7 Å². The predicted octanol–water partition coefficient (Wildman–Crippen LogP) is -3.39.